The number of rotatable bonds is 5. The molecule has 0 spiro atoms. The molecular weight excluding hydrogens is 260 g/mol. The summed E-state index contributed by atoms with van der Waals surface area (Å²) in [7, 11) is -1.85. The predicted octanol–water partition coefficient (Wildman–Crippen LogP) is 6.17. The van der Waals surface area contributed by atoms with Gasteiger partial charge in [0, 0.05) is 0 Å². The molecule has 0 aromatic heterocycles. The Morgan fingerprint density at radius 2 is 1.25 bits per heavy atom. The molecule has 0 aliphatic carbocycles. The smallest absolute Gasteiger partial charge is 0.258 e. The van der Waals surface area contributed by atoms with Crippen molar-refractivity contribution in [3.05, 3.63) is 28.8 Å². The molecule has 0 fully saturated rings. The molecule has 0 unspecified atom stereocenters. The van der Waals surface area contributed by atoms with Gasteiger partial charge >= 0.3 is 0 Å². The molecule has 114 valence electrons. The number of hydrogen-bond donors (Lipinski definition) is 0. The Bertz CT molecular complexity index is 439. The highest BCUT2D eigenvalue weighted by Crippen LogP contribution is 2.43. The van der Waals surface area contributed by atoms with E-state index in [0.717, 1.165) is 5.75 Å². The van der Waals surface area contributed by atoms with Crippen LogP contribution in [0.2, 0.25) is 16.6 Å². The Morgan fingerprint density at radius 1 is 0.800 bits per heavy atom. The zero-order valence-corrected chi connectivity index (χ0v) is 15.8. The maximum atomic E-state index is 6.82. The van der Waals surface area contributed by atoms with Crippen molar-refractivity contribution in [2.75, 3.05) is 0 Å². The Labute approximate surface area is 126 Å². The van der Waals surface area contributed by atoms with E-state index in [-0.39, 0.29) is 0 Å². The van der Waals surface area contributed by atoms with Crippen LogP contribution in [0.5, 0.6) is 5.75 Å². The fourth-order valence-electron chi connectivity index (χ4n) is 3.65. The molecule has 0 N–H and O–H groups in total. The fraction of sp³-hybridized carbons (Fsp3) is 0.667. The third-order valence-electron chi connectivity index (χ3n) is 4.76. The lowest BCUT2D eigenvalue weighted by atomic mass is 10.1. The average Bonchev–Trinajstić information content (AvgIpc) is 2.30. The third kappa shape index (κ3) is 3.11. The molecule has 0 atom stereocenters. The summed E-state index contributed by atoms with van der Waals surface area (Å²) in [6.45, 7) is 20.5. The molecule has 2 heteroatoms. The summed E-state index contributed by atoms with van der Waals surface area (Å²) >= 11 is 0. The zero-order chi connectivity index (χ0) is 15.7. The van der Waals surface area contributed by atoms with Gasteiger partial charge in [0.1, 0.15) is 5.75 Å². The van der Waals surface area contributed by atoms with Gasteiger partial charge in [-0.15, -0.1) is 0 Å². The minimum absolute atomic E-state index is 0.614. The summed E-state index contributed by atoms with van der Waals surface area (Å²) in [5.74, 6) is 1.12. The normalized spacial score (nSPS) is 12.6. The van der Waals surface area contributed by atoms with E-state index in [1.54, 1.807) is 0 Å². The van der Waals surface area contributed by atoms with Gasteiger partial charge in [-0.25, -0.2) is 0 Å². The molecule has 0 amide bonds. The molecule has 1 aromatic rings. The van der Waals surface area contributed by atoms with Crippen LogP contribution in [0.3, 0.4) is 0 Å². The van der Waals surface area contributed by atoms with Crippen LogP contribution in [0.15, 0.2) is 12.1 Å². The second kappa shape index (κ2) is 6.34. The number of benzene rings is 1. The first-order chi connectivity index (χ1) is 9.12. The third-order valence-corrected chi connectivity index (χ3v) is 10.7. The lowest BCUT2D eigenvalue weighted by Crippen LogP contribution is -2.50. The van der Waals surface area contributed by atoms with E-state index in [4.69, 9.17) is 4.43 Å². The molecule has 1 nitrogen and oxygen atoms in total. The van der Waals surface area contributed by atoms with Crippen LogP contribution in [0.1, 0.15) is 58.2 Å². The van der Waals surface area contributed by atoms with Crippen LogP contribution in [-0.2, 0) is 0 Å². The molecule has 0 saturated heterocycles. The minimum atomic E-state index is -1.85. The van der Waals surface area contributed by atoms with Crippen LogP contribution in [-0.4, -0.2) is 8.32 Å². The van der Waals surface area contributed by atoms with E-state index in [1.165, 1.54) is 16.7 Å². The molecule has 1 aromatic carbocycles. The highest BCUT2D eigenvalue weighted by Gasteiger charge is 2.47. The molecule has 0 aliphatic heterocycles. The first-order valence-corrected chi connectivity index (χ1v) is 10.0. The monoisotopic (exact) mass is 292 g/mol. The van der Waals surface area contributed by atoms with Crippen LogP contribution >= 0.6 is 0 Å². The van der Waals surface area contributed by atoms with Crippen molar-refractivity contribution in [1.82, 2.24) is 0 Å². The first-order valence-electron chi connectivity index (χ1n) is 7.89. The van der Waals surface area contributed by atoms with E-state index in [1.807, 2.05) is 0 Å². The lowest BCUT2D eigenvalue weighted by Gasteiger charge is -2.42. The Morgan fingerprint density at radius 3 is 1.65 bits per heavy atom. The van der Waals surface area contributed by atoms with Crippen molar-refractivity contribution in [1.29, 1.82) is 0 Å². The maximum absolute atomic E-state index is 6.82. The van der Waals surface area contributed by atoms with Crippen LogP contribution in [0, 0.1) is 20.8 Å². The Hall–Kier alpha value is -0.763. The van der Waals surface area contributed by atoms with Gasteiger partial charge in [0.15, 0.2) is 0 Å². The highest BCUT2D eigenvalue weighted by molar-refractivity contribution is 6.78. The van der Waals surface area contributed by atoms with Crippen molar-refractivity contribution in [2.45, 2.75) is 78.9 Å². The zero-order valence-electron chi connectivity index (χ0n) is 14.8. The first kappa shape index (κ1) is 17.3. The molecular formula is C18H32OSi. The second-order valence-electron chi connectivity index (χ2n) is 7.12. The molecule has 0 radical (unpaired) electrons. The summed E-state index contributed by atoms with van der Waals surface area (Å²) in [4.78, 5) is 0. The van der Waals surface area contributed by atoms with Gasteiger partial charge in [0.25, 0.3) is 8.32 Å². The van der Waals surface area contributed by atoms with Gasteiger partial charge in [-0.3, -0.25) is 0 Å². The number of aryl methyl sites for hydroxylation is 2. The van der Waals surface area contributed by atoms with Crippen molar-refractivity contribution in [3.63, 3.8) is 0 Å². The summed E-state index contributed by atoms with van der Waals surface area (Å²) in [5.41, 5.74) is 5.77. The van der Waals surface area contributed by atoms with Gasteiger partial charge < -0.3 is 4.43 Å². The van der Waals surface area contributed by atoms with Crippen LogP contribution < -0.4 is 4.43 Å². The van der Waals surface area contributed by atoms with Gasteiger partial charge in [0.2, 0.25) is 0 Å². The molecule has 1 rings (SSSR count). The minimum Gasteiger partial charge on any atom is -0.542 e. The Kier molecular flexibility index (Phi) is 5.48. The van der Waals surface area contributed by atoms with E-state index in [0.29, 0.717) is 16.6 Å². The maximum Gasteiger partial charge on any atom is 0.258 e. The highest BCUT2D eigenvalue weighted by atomic mass is 28.4. The second-order valence-corrected chi connectivity index (χ2v) is 12.5. The fourth-order valence-corrected chi connectivity index (χ4v) is 8.95. The topological polar surface area (TPSA) is 9.23 Å². The quantitative estimate of drug-likeness (QED) is 0.590. The molecule has 0 aliphatic rings. The van der Waals surface area contributed by atoms with E-state index < -0.39 is 8.32 Å². The van der Waals surface area contributed by atoms with Gasteiger partial charge in [-0.1, -0.05) is 47.6 Å². The summed E-state index contributed by atoms with van der Waals surface area (Å²) in [6.07, 6.45) is 0. The van der Waals surface area contributed by atoms with E-state index >= 15 is 0 Å². The van der Waals surface area contributed by atoms with Crippen molar-refractivity contribution >= 4 is 8.32 Å². The lowest BCUT2D eigenvalue weighted by molar-refractivity contribution is 0.476. The van der Waals surface area contributed by atoms with Crippen molar-refractivity contribution < 1.29 is 4.43 Å². The van der Waals surface area contributed by atoms with E-state index in [9.17, 15) is 0 Å². The van der Waals surface area contributed by atoms with Crippen LogP contribution in [0.25, 0.3) is 0 Å². The largest absolute Gasteiger partial charge is 0.542 e. The average molecular weight is 293 g/mol. The van der Waals surface area contributed by atoms with Gasteiger partial charge in [-0.2, -0.15) is 0 Å². The number of hydrogen-bond acceptors (Lipinski definition) is 1. The summed E-state index contributed by atoms with van der Waals surface area (Å²) in [6, 6.07) is 4.46. The molecule has 0 heterocycles. The standard InChI is InChI=1S/C18H32OSi/c1-12(2)20(13(3)4,14(5)6)19-18-11-15(7)10-16(8)17(18)9/h10-14H,1-9H3. The van der Waals surface area contributed by atoms with E-state index in [2.05, 4.69) is 74.4 Å². The predicted molar refractivity (Wildman–Crippen MR) is 92.3 cm³/mol. The molecule has 0 bridgehead atoms. The van der Waals surface area contributed by atoms with Gasteiger partial charge in [0.05, 0.1) is 0 Å². The Balaban J connectivity index is 3.34. The SMILES string of the molecule is Cc1cc(C)c(C)c(O[Si](C(C)C)(C(C)C)C(C)C)c1. The van der Waals surface area contributed by atoms with Gasteiger partial charge in [-0.05, 0) is 60.2 Å². The van der Waals surface area contributed by atoms with Crippen LogP contribution in [0.4, 0.5) is 0 Å². The summed E-state index contributed by atoms with van der Waals surface area (Å²) < 4.78 is 6.82. The summed E-state index contributed by atoms with van der Waals surface area (Å²) in [5, 5.41) is 0. The molecule has 0 saturated carbocycles. The van der Waals surface area contributed by atoms with Crippen molar-refractivity contribution in [2.24, 2.45) is 0 Å². The molecule has 20 heavy (non-hydrogen) atoms. The van der Waals surface area contributed by atoms with Crippen molar-refractivity contribution in [3.8, 4) is 5.75 Å².